The van der Waals surface area contributed by atoms with Crippen LogP contribution < -0.4 is 19.7 Å². The van der Waals surface area contributed by atoms with Crippen molar-refractivity contribution in [1.82, 2.24) is 4.98 Å². The van der Waals surface area contributed by atoms with E-state index in [1.54, 1.807) is 23.1 Å². The van der Waals surface area contributed by atoms with Gasteiger partial charge in [0, 0.05) is 35.7 Å². The molecule has 8 nitrogen and oxygen atoms in total. The van der Waals surface area contributed by atoms with E-state index in [-0.39, 0.29) is 25.0 Å². The Morgan fingerprint density at radius 1 is 1.23 bits per heavy atom. The summed E-state index contributed by atoms with van der Waals surface area (Å²) in [4.78, 5) is 31.4. The Hall–Kier alpha value is -3.33. The second-order valence-electron chi connectivity index (χ2n) is 7.30. The number of thiazole rings is 1. The summed E-state index contributed by atoms with van der Waals surface area (Å²) in [6.45, 7) is 4.25. The molecule has 4 heterocycles. The fraction of sp³-hybridized carbons (Fsp3) is 0.286. The topological polar surface area (TPSA) is 93.9 Å². The fourth-order valence-electron chi connectivity index (χ4n) is 3.73. The van der Waals surface area contributed by atoms with E-state index in [2.05, 4.69) is 10.3 Å². The second-order valence-corrected chi connectivity index (χ2v) is 8.16. The van der Waals surface area contributed by atoms with Gasteiger partial charge in [-0.2, -0.15) is 0 Å². The highest BCUT2D eigenvalue weighted by Gasteiger charge is 2.36. The van der Waals surface area contributed by atoms with E-state index in [4.69, 9.17) is 13.9 Å². The number of carbonyl (C=O) groups is 2. The van der Waals surface area contributed by atoms with Crippen LogP contribution in [-0.2, 0) is 9.59 Å². The summed E-state index contributed by atoms with van der Waals surface area (Å²) >= 11 is 1.35. The molecule has 3 aromatic rings. The minimum Gasteiger partial charge on any atom is -0.466 e. The van der Waals surface area contributed by atoms with Crippen LogP contribution in [0, 0.1) is 19.8 Å². The molecule has 154 valence electrons. The van der Waals surface area contributed by atoms with Crippen molar-refractivity contribution >= 4 is 34.0 Å². The summed E-state index contributed by atoms with van der Waals surface area (Å²) < 4.78 is 16.2. The van der Waals surface area contributed by atoms with Gasteiger partial charge in [-0.3, -0.25) is 9.59 Å². The highest BCUT2D eigenvalue weighted by molar-refractivity contribution is 7.14. The number of carbonyl (C=O) groups excluding carboxylic acids is 2. The van der Waals surface area contributed by atoms with Gasteiger partial charge in [-0.15, -0.1) is 11.3 Å². The molecule has 1 atom stereocenters. The first-order valence-electron chi connectivity index (χ1n) is 9.52. The monoisotopic (exact) mass is 425 g/mol. The maximum absolute atomic E-state index is 12.8. The molecular weight excluding hydrogens is 406 g/mol. The smallest absolute Gasteiger partial charge is 0.231 e. The van der Waals surface area contributed by atoms with Crippen LogP contribution in [0.25, 0.3) is 11.3 Å². The maximum atomic E-state index is 12.8. The van der Waals surface area contributed by atoms with Crippen LogP contribution in [0.2, 0.25) is 0 Å². The Labute approximate surface area is 176 Å². The number of anilines is 2. The predicted octanol–water partition coefficient (Wildman–Crippen LogP) is 3.74. The first-order chi connectivity index (χ1) is 14.5. The zero-order chi connectivity index (χ0) is 20.8. The lowest BCUT2D eigenvalue weighted by atomic mass is 10.1. The molecule has 2 aliphatic heterocycles. The molecule has 30 heavy (non-hydrogen) atoms. The Balaban J connectivity index is 1.27. The Bertz CT molecular complexity index is 1150. The van der Waals surface area contributed by atoms with Gasteiger partial charge in [0.25, 0.3) is 0 Å². The number of aromatic nitrogens is 1. The minimum absolute atomic E-state index is 0.0988. The van der Waals surface area contributed by atoms with Gasteiger partial charge in [-0.05, 0) is 32.0 Å². The van der Waals surface area contributed by atoms with Crippen molar-refractivity contribution in [2.24, 2.45) is 5.92 Å². The van der Waals surface area contributed by atoms with Crippen LogP contribution in [0.4, 0.5) is 10.8 Å². The highest BCUT2D eigenvalue weighted by atomic mass is 32.1. The molecule has 0 aliphatic carbocycles. The molecule has 0 spiro atoms. The van der Waals surface area contributed by atoms with Crippen molar-refractivity contribution in [3.63, 3.8) is 0 Å². The van der Waals surface area contributed by atoms with E-state index < -0.39 is 5.92 Å². The average molecular weight is 425 g/mol. The van der Waals surface area contributed by atoms with E-state index in [1.165, 1.54) is 11.3 Å². The molecule has 2 aromatic heterocycles. The van der Waals surface area contributed by atoms with Crippen LogP contribution >= 0.6 is 11.3 Å². The molecule has 2 aliphatic rings. The zero-order valence-corrected chi connectivity index (χ0v) is 17.2. The van der Waals surface area contributed by atoms with E-state index in [0.29, 0.717) is 28.9 Å². The number of hydrogen-bond acceptors (Lipinski definition) is 7. The molecule has 1 fully saturated rings. The second kappa shape index (κ2) is 7.17. The standard InChI is InChI=1S/C21H19N3O5S/c1-11-5-15(12(2)29-11)16-9-30-21(22-16)23-20(26)13-6-19(25)24(8-13)14-3-4-17-18(7-14)28-10-27-17/h3-5,7,9,13H,6,8,10H2,1-2H3,(H,22,23,26). The lowest BCUT2D eigenvalue weighted by Gasteiger charge is -2.17. The minimum atomic E-state index is -0.451. The number of benzene rings is 1. The van der Waals surface area contributed by atoms with Crippen molar-refractivity contribution in [2.45, 2.75) is 20.3 Å². The Kier molecular flexibility index (Phi) is 4.47. The number of amides is 2. The van der Waals surface area contributed by atoms with E-state index in [0.717, 1.165) is 22.8 Å². The third kappa shape index (κ3) is 3.30. The molecule has 2 amide bonds. The molecular formula is C21H19N3O5S. The first-order valence-corrected chi connectivity index (χ1v) is 10.4. The summed E-state index contributed by atoms with van der Waals surface area (Å²) in [5.41, 5.74) is 2.37. The number of fused-ring (bicyclic) bond motifs is 1. The van der Waals surface area contributed by atoms with Gasteiger partial charge >= 0.3 is 0 Å². The lowest BCUT2D eigenvalue weighted by Crippen LogP contribution is -2.28. The number of aryl methyl sites for hydroxylation is 2. The third-order valence-electron chi connectivity index (χ3n) is 5.21. The quantitative estimate of drug-likeness (QED) is 0.684. The molecule has 1 saturated heterocycles. The number of rotatable bonds is 4. The molecule has 1 aromatic carbocycles. The molecule has 5 rings (SSSR count). The van der Waals surface area contributed by atoms with Gasteiger partial charge in [-0.25, -0.2) is 4.98 Å². The van der Waals surface area contributed by atoms with Gasteiger partial charge in [-0.1, -0.05) is 0 Å². The summed E-state index contributed by atoms with van der Waals surface area (Å²) in [6, 6.07) is 7.26. The lowest BCUT2D eigenvalue weighted by molar-refractivity contribution is -0.122. The van der Waals surface area contributed by atoms with E-state index >= 15 is 0 Å². The molecule has 0 radical (unpaired) electrons. The number of furan rings is 1. The highest BCUT2D eigenvalue weighted by Crippen LogP contribution is 2.37. The van der Waals surface area contributed by atoms with Crippen molar-refractivity contribution < 1.29 is 23.5 Å². The van der Waals surface area contributed by atoms with Crippen LogP contribution in [0.5, 0.6) is 11.5 Å². The molecule has 1 N–H and O–H groups in total. The van der Waals surface area contributed by atoms with Gasteiger partial charge in [0.2, 0.25) is 18.6 Å². The summed E-state index contributed by atoms with van der Waals surface area (Å²) in [5, 5.41) is 5.23. The van der Waals surface area contributed by atoms with Gasteiger partial charge in [0.15, 0.2) is 16.6 Å². The van der Waals surface area contributed by atoms with Crippen molar-refractivity contribution in [3.05, 3.63) is 41.2 Å². The number of hydrogen-bond donors (Lipinski definition) is 1. The maximum Gasteiger partial charge on any atom is 0.231 e. The summed E-state index contributed by atoms with van der Waals surface area (Å²) in [5.74, 6) is 2.10. The first kappa shape index (κ1) is 18.7. The number of nitrogens with one attached hydrogen (secondary N) is 1. The third-order valence-corrected chi connectivity index (χ3v) is 5.97. The zero-order valence-electron chi connectivity index (χ0n) is 16.4. The SMILES string of the molecule is Cc1cc(-c2csc(NC(=O)C3CC(=O)N(c4ccc5c(c4)OCO5)C3)n2)c(C)o1. The van der Waals surface area contributed by atoms with Gasteiger partial charge < -0.3 is 24.1 Å². The normalized spacial score (nSPS) is 17.6. The average Bonchev–Trinajstić information content (AvgIpc) is 3.48. The fourth-order valence-corrected chi connectivity index (χ4v) is 4.45. The molecule has 0 bridgehead atoms. The Morgan fingerprint density at radius 2 is 2.07 bits per heavy atom. The predicted molar refractivity (Wildman–Crippen MR) is 111 cm³/mol. The Morgan fingerprint density at radius 3 is 2.87 bits per heavy atom. The molecule has 0 saturated carbocycles. The van der Waals surface area contributed by atoms with Crippen LogP contribution in [0.3, 0.4) is 0 Å². The van der Waals surface area contributed by atoms with E-state index in [1.807, 2.05) is 25.3 Å². The largest absolute Gasteiger partial charge is 0.466 e. The van der Waals surface area contributed by atoms with Crippen molar-refractivity contribution in [2.75, 3.05) is 23.6 Å². The molecule has 1 unspecified atom stereocenters. The van der Waals surface area contributed by atoms with Gasteiger partial charge in [0.1, 0.15) is 11.5 Å². The summed E-state index contributed by atoms with van der Waals surface area (Å²) in [6.07, 6.45) is 0.151. The number of nitrogens with zero attached hydrogens (tertiary/aromatic N) is 2. The van der Waals surface area contributed by atoms with Crippen LogP contribution in [0.1, 0.15) is 17.9 Å². The van der Waals surface area contributed by atoms with Crippen molar-refractivity contribution in [1.29, 1.82) is 0 Å². The summed E-state index contributed by atoms with van der Waals surface area (Å²) in [7, 11) is 0. The van der Waals surface area contributed by atoms with Crippen LogP contribution in [0.15, 0.2) is 34.1 Å². The van der Waals surface area contributed by atoms with Crippen LogP contribution in [-0.4, -0.2) is 30.1 Å². The van der Waals surface area contributed by atoms with Crippen molar-refractivity contribution in [3.8, 4) is 22.8 Å². The van der Waals surface area contributed by atoms with Gasteiger partial charge in [0.05, 0.1) is 11.6 Å². The number of ether oxygens (including phenoxy) is 2. The van der Waals surface area contributed by atoms with E-state index in [9.17, 15) is 9.59 Å². The molecule has 9 heteroatoms.